The maximum absolute atomic E-state index is 8.79. The summed E-state index contributed by atoms with van der Waals surface area (Å²) in [5, 5.41) is 15.4. The second-order valence-corrected chi connectivity index (χ2v) is 6.77. The minimum Gasteiger partial charge on any atom is -0.376 e. The molecule has 0 aliphatic carbocycles. The lowest BCUT2D eigenvalue weighted by Gasteiger charge is -2.15. The summed E-state index contributed by atoms with van der Waals surface area (Å²) in [6, 6.07) is 9.76. The minimum absolute atomic E-state index is 0.0862. The van der Waals surface area contributed by atoms with E-state index in [0.29, 0.717) is 5.56 Å². The van der Waals surface area contributed by atoms with Crippen LogP contribution in [-0.4, -0.2) is 4.98 Å². The summed E-state index contributed by atoms with van der Waals surface area (Å²) in [7, 11) is 0. The lowest BCUT2D eigenvalue weighted by atomic mass is 9.93. The zero-order chi connectivity index (χ0) is 14.8. The maximum Gasteiger partial charge on any atom is 0.115 e. The van der Waals surface area contributed by atoms with Crippen LogP contribution in [0.3, 0.4) is 0 Å². The summed E-state index contributed by atoms with van der Waals surface area (Å²) in [4.78, 5) is 4.71. The van der Waals surface area contributed by atoms with Crippen molar-refractivity contribution in [2.75, 3.05) is 5.32 Å². The van der Waals surface area contributed by atoms with Gasteiger partial charge in [0.2, 0.25) is 0 Å². The Morgan fingerprint density at radius 3 is 2.40 bits per heavy atom. The average Bonchev–Trinajstić information content (AvgIpc) is 2.89. The van der Waals surface area contributed by atoms with E-state index in [2.05, 4.69) is 44.5 Å². The Balaban J connectivity index is 2.09. The first-order valence-electron chi connectivity index (χ1n) is 6.63. The molecule has 3 nitrogen and oxygen atoms in total. The van der Waals surface area contributed by atoms with E-state index in [1.54, 1.807) is 11.3 Å². The van der Waals surface area contributed by atoms with Gasteiger partial charge in [-0.1, -0.05) is 20.8 Å². The highest BCUT2D eigenvalue weighted by Crippen LogP contribution is 2.28. The van der Waals surface area contributed by atoms with Crippen molar-refractivity contribution in [3.63, 3.8) is 0 Å². The third-order valence-corrected chi connectivity index (χ3v) is 4.09. The fraction of sp³-hybridized carbons (Fsp3) is 0.375. The highest BCUT2D eigenvalue weighted by molar-refractivity contribution is 7.09. The summed E-state index contributed by atoms with van der Waals surface area (Å²) >= 11 is 1.69. The Morgan fingerprint density at radius 2 is 1.90 bits per heavy atom. The zero-order valence-corrected chi connectivity index (χ0v) is 13.1. The molecule has 1 atom stereocenters. The molecule has 0 aliphatic heterocycles. The van der Waals surface area contributed by atoms with Crippen LogP contribution in [0, 0.1) is 11.3 Å². The normalized spacial score (nSPS) is 12.8. The number of thiazole rings is 1. The fourth-order valence-electron chi connectivity index (χ4n) is 1.78. The fourth-order valence-corrected chi connectivity index (χ4v) is 2.84. The molecule has 1 heterocycles. The van der Waals surface area contributed by atoms with Crippen LogP contribution in [0.4, 0.5) is 5.69 Å². The molecule has 4 heteroatoms. The summed E-state index contributed by atoms with van der Waals surface area (Å²) in [6.07, 6.45) is 0. The molecular formula is C16H19N3S. The number of anilines is 1. The molecule has 0 spiro atoms. The van der Waals surface area contributed by atoms with Crippen LogP contribution < -0.4 is 5.32 Å². The molecule has 1 unspecified atom stereocenters. The van der Waals surface area contributed by atoms with Gasteiger partial charge < -0.3 is 5.32 Å². The molecule has 0 aliphatic rings. The van der Waals surface area contributed by atoms with Crippen LogP contribution in [0.15, 0.2) is 29.6 Å². The first-order valence-corrected chi connectivity index (χ1v) is 7.51. The first-order chi connectivity index (χ1) is 9.40. The molecular weight excluding hydrogens is 266 g/mol. The molecule has 0 fully saturated rings. The Labute approximate surface area is 124 Å². The summed E-state index contributed by atoms with van der Waals surface area (Å²) in [5.74, 6) is 0. The molecule has 20 heavy (non-hydrogen) atoms. The summed E-state index contributed by atoms with van der Waals surface area (Å²) in [5.41, 5.74) is 2.89. The maximum atomic E-state index is 8.79. The Hall–Kier alpha value is -1.86. The quantitative estimate of drug-likeness (QED) is 0.904. The molecule has 0 saturated carbocycles. The Morgan fingerprint density at radius 1 is 1.25 bits per heavy atom. The van der Waals surface area contributed by atoms with E-state index in [0.717, 1.165) is 16.4 Å². The minimum atomic E-state index is 0.0862. The van der Waals surface area contributed by atoms with Gasteiger partial charge in [0.1, 0.15) is 5.01 Å². The van der Waals surface area contributed by atoms with Gasteiger partial charge in [0.05, 0.1) is 23.4 Å². The largest absolute Gasteiger partial charge is 0.376 e. The third-order valence-electron chi connectivity index (χ3n) is 3.06. The van der Waals surface area contributed by atoms with Crippen LogP contribution in [0.1, 0.15) is 50.0 Å². The highest BCUT2D eigenvalue weighted by Gasteiger charge is 2.19. The number of hydrogen-bond donors (Lipinski definition) is 1. The van der Waals surface area contributed by atoms with E-state index < -0.39 is 0 Å². The predicted octanol–water partition coefficient (Wildman–Crippen LogP) is 4.49. The Kier molecular flexibility index (Phi) is 4.10. The van der Waals surface area contributed by atoms with Crippen LogP contribution in [-0.2, 0) is 5.41 Å². The van der Waals surface area contributed by atoms with Gasteiger partial charge >= 0.3 is 0 Å². The number of rotatable bonds is 3. The van der Waals surface area contributed by atoms with E-state index in [1.165, 1.54) is 0 Å². The van der Waals surface area contributed by atoms with Crippen LogP contribution in [0.25, 0.3) is 0 Å². The van der Waals surface area contributed by atoms with Crippen LogP contribution in [0.2, 0.25) is 0 Å². The van der Waals surface area contributed by atoms with Gasteiger partial charge in [-0.2, -0.15) is 5.26 Å². The number of benzene rings is 1. The van der Waals surface area contributed by atoms with Crippen molar-refractivity contribution in [2.24, 2.45) is 0 Å². The van der Waals surface area contributed by atoms with Crippen LogP contribution >= 0.6 is 11.3 Å². The van der Waals surface area contributed by atoms with Crippen molar-refractivity contribution in [2.45, 2.75) is 39.2 Å². The van der Waals surface area contributed by atoms with Crippen molar-refractivity contribution in [3.8, 4) is 6.07 Å². The number of aromatic nitrogens is 1. The molecule has 104 valence electrons. The number of nitrogens with one attached hydrogen (secondary N) is 1. The van der Waals surface area contributed by atoms with Gasteiger partial charge in [-0.3, -0.25) is 0 Å². The zero-order valence-electron chi connectivity index (χ0n) is 12.3. The van der Waals surface area contributed by atoms with E-state index >= 15 is 0 Å². The van der Waals surface area contributed by atoms with Crippen molar-refractivity contribution in [1.82, 2.24) is 4.98 Å². The number of nitrogens with zero attached hydrogens (tertiary/aromatic N) is 2. The molecule has 1 aromatic heterocycles. The van der Waals surface area contributed by atoms with Gasteiger partial charge in [-0.05, 0) is 31.2 Å². The third kappa shape index (κ3) is 3.37. The Bertz CT molecular complexity index is 614. The SMILES string of the molecule is CC(Nc1ccc(C#N)cc1)c1nc(C(C)(C)C)cs1. The van der Waals surface area contributed by atoms with Gasteiger partial charge in [-0.15, -0.1) is 11.3 Å². The standard InChI is InChI=1S/C16H19N3S/c1-11(15-19-14(10-20-15)16(2,3)4)18-13-7-5-12(9-17)6-8-13/h5-8,10-11,18H,1-4H3. The molecule has 2 rings (SSSR count). The number of nitriles is 1. The smallest absolute Gasteiger partial charge is 0.115 e. The van der Waals surface area contributed by atoms with E-state index in [-0.39, 0.29) is 11.5 Å². The lowest BCUT2D eigenvalue weighted by molar-refractivity contribution is 0.569. The van der Waals surface area contributed by atoms with Gasteiger partial charge in [0.15, 0.2) is 0 Å². The monoisotopic (exact) mass is 285 g/mol. The van der Waals surface area contributed by atoms with Gasteiger partial charge in [0, 0.05) is 16.5 Å². The molecule has 2 aromatic rings. The van der Waals surface area contributed by atoms with Crippen molar-refractivity contribution < 1.29 is 0 Å². The van der Waals surface area contributed by atoms with E-state index in [4.69, 9.17) is 10.2 Å². The topological polar surface area (TPSA) is 48.7 Å². The van der Waals surface area contributed by atoms with Crippen molar-refractivity contribution in [3.05, 3.63) is 45.9 Å². The van der Waals surface area contributed by atoms with Crippen molar-refractivity contribution in [1.29, 1.82) is 5.26 Å². The van der Waals surface area contributed by atoms with Gasteiger partial charge in [0.25, 0.3) is 0 Å². The molecule has 0 radical (unpaired) electrons. The van der Waals surface area contributed by atoms with Gasteiger partial charge in [-0.25, -0.2) is 4.98 Å². The molecule has 0 amide bonds. The second-order valence-electron chi connectivity index (χ2n) is 5.88. The summed E-state index contributed by atoms with van der Waals surface area (Å²) in [6.45, 7) is 8.61. The predicted molar refractivity (Wildman–Crippen MR) is 84.0 cm³/mol. The summed E-state index contributed by atoms with van der Waals surface area (Å²) < 4.78 is 0. The molecule has 0 bridgehead atoms. The molecule has 1 N–H and O–H groups in total. The molecule has 0 saturated heterocycles. The first kappa shape index (κ1) is 14.5. The average molecular weight is 285 g/mol. The number of hydrogen-bond acceptors (Lipinski definition) is 4. The second kappa shape index (κ2) is 5.64. The lowest BCUT2D eigenvalue weighted by Crippen LogP contribution is -2.13. The van der Waals surface area contributed by atoms with Crippen molar-refractivity contribution >= 4 is 17.0 Å². The van der Waals surface area contributed by atoms with E-state index in [1.807, 2.05) is 24.3 Å². The molecule has 1 aromatic carbocycles. The van der Waals surface area contributed by atoms with E-state index in [9.17, 15) is 0 Å². The van der Waals surface area contributed by atoms with Crippen LogP contribution in [0.5, 0.6) is 0 Å². The highest BCUT2D eigenvalue weighted by atomic mass is 32.1.